The van der Waals surface area contributed by atoms with Crippen LogP contribution in [0, 0.1) is 5.92 Å². The summed E-state index contributed by atoms with van der Waals surface area (Å²) in [4.78, 5) is 24.3. The summed E-state index contributed by atoms with van der Waals surface area (Å²) >= 11 is 0. The number of nitrogens with one attached hydrogen (secondary N) is 2. The molecule has 1 aliphatic heterocycles. The van der Waals surface area contributed by atoms with E-state index in [4.69, 9.17) is 4.74 Å². The van der Waals surface area contributed by atoms with Gasteiger partial charge in [0.05, 0.1) is 28.9 Å². The first-order valence-corrected chi connectivity index (χ1v) is 11.8. The molecule has 34 heavy (non-hydrogen) atoms. The van der Waals surface area contributed by atoms with E-state index < -0.39 is 39.5 Å². The first kappa shape index (κ1) is 25.5. The molecule has 2 amide bonds. The molecule has 2 aromatic carbocycles. The fraction of sp³-hybridized carbons (Fsp3) is 0.364. The van der Waals surface area contributed by atoms with Crippen LogP contribution in [-0.4, -0.2) is 44.7 Å². The van der Waals surface area contributed by atoms with Crippen LogP contribution in [0.4, 0.5) is 24.5 Å². The molecule has 2 aromatic rings. The third-order valence-electron chi connectivity index (χ3n) is 5.44. The van der Waals surface area contributed by atoms with E-state index in [9.17, 15) is 31.2 Å². The van der Waals surface area contributed by atoms with Crippen LogP contribution >= 0.6 is 0 Å². The average molecular weight is 500 g/mol. The monoisotopic (exact) mass is 499 g/mol. The molecule has 0 aliphatic carbocycles. The number of alkyl halides is 3. The second-order valence-corrected chi connectivity index (χ2v) is 9.72. The van der Waals surface area contributed by atoms with E-state index in [1.54, 1.807) is 0 Å². The van der Waals surface area contributed by atoms with Crippen molar-refractivity contribution >= 4 is 33.2 Å². The molecule has 12 heteroatoms. The zero-order valence-corrected chi connectivity index (χ0v) is 19.3. The van der Waals surface area contributed by atoms with Gasteiger partial charge in [-0.15, -0.1) is 0 Å². The molecule has 8 nitrogen and oxygen atoms in total. The molecular weight excluding hydrogens is 475 g/mol. The average Bonchev–Trinajstić information content (AvgIpc) is 2.79. The topological polar surface area (TPSA) is 105 Å². The fourth-order valence-electron chi connectivity index (χ4n) is 3.61. The van der Waals surface area contributed by atoms with Crippen molar-refractivity contribution in [1.82, 2.24) is 4.31 Å². The van der Waals surface area contributed by atoms with Gasteiger partial charge in [0.25, 0.3) is 0 Å². The fourth-order valence-corrected chi connectivity index (χ4v) is 5.08. The number of amides is 2. The molecule has 0 atom stereocenters. The van der Waals surface area contributed by atoms with Crippen LogP contribution < -0.4 is 15.4 Å². The van der Waals surface area contributed by atoms with E-state index in [0.29, 0.717) is 5.75 Å². The van der Waals surface area contributed by atoms with Gasteiger partial charge in [-0.25, -0.2) is 8.42 Å². The van der Waals surface area contributed by atoms with Crippen LogP contribution in [0.25, 0.3) is 0 Å². The Hall–Kier alpha value is -3.12. The van der Waals surface area contributed by atoms with Crippen LogP contribution in [0.2, 0.25) is 0 Å². The summed E-state index contributed by atoms with van der Waals surface area (Å²) in [5.41, 5.74) is -1.12. The van der Waals surface area contributed by atoms with Crippen LogP contribution in [0.3, 0.4) is 0 Å². The highest BCUT2D eigenvalue weighted by Gasteiger charge is 2.34. The number of hydrogen-bond donors (Lipinski definition) is 2. The third kappa shape index (κ3) is 5.86. The maximum atomic E-state index is 13.1. The smallest absolute Gasteiger partial charge is 0.416 e. The van der Waals surface area contributed by atoms with E-state index in [1.165, 1.54) is 42.6 Å². The summed E-state index contributed by atoms with van der Waals surface area (Å²) in [6.45, 7) is 1.35. The Bertz CT molecular complexity index is 1160. The lowest BCUT2D eigenvalue weighted by Crippen LogP contribution is -2.41. The van der Waals surface area contributed by atoms with E-state index >= 15 is 0 Å². The van der Waals surface area contributed by atoms with Gasteiger partial charge >= 0.3 is 6.18 Å². The maximum Gasteiger partial charge on any atom is 0.416 e. The second kappa shape index (κ2) is 10.0. The minimum Gasteiger partial charge on any atom is -0.497 e. The second-order valence-electron chi connectivity index (χ2n) is 7.78. The molecule has 0 saturated carbocycles. The zero-order chi connectivity index (χ0) is 25.1. The molecule has 1 fully saturated rings. The van der Waals surface area contributed by atoms with Crippen LogP contribution in [0.15, 0.2) is 47.4 Å². The molecule has 0 unspecified atom stereocenters. The van der Waals surface area contributed by atoms with Crippen molar-refractivity contribution in [3.05, 3.63) is 48.0 Å². The Morgan fingerprint density at radius 2 is 1.62 bits per heavy atom. The van der Waals surface area contributed by atoms with Crippen LogP contribution in [0.1, 0.15) is 25.3 Å². The first-order valence-electron chi connectivity index (χ1n) is 10.4. The molecule has 1 aliphatic rings. The quantitative estimate of drug-likeness (QED) is 0.631. The highest BCUT2D eigenvalue weighted by Crippen LogP contribution is 2.35. The molecular formula is C22H24F3N3O5S. The number of halogens is 3. The summed E-state index contributed by atoms with van der Waals surface area (Å²) in [6.07, 6.45) is -4.25. The number of anilines is 2. The summed E-state index contributed by atoms with van der Waals surface area (Å²) in [5.74, 6) is -1.15. The number of methoxy groups -OCH3 is 1. The van der Waals surface area contributed by atoms with Crippen molar-refractivity contribution in [2.75, 3.05) is 30.8 Å². The molecule has 1 heterocycles. The van der Waals surface area contributed by atoms with Gasteiger partial charge in [-0.2, -0.15) is 17.5 Å². The maximum absolute atomic E-state index is 13.1. The predicted molar refractivity (Wildman–Crippen MR) is 119 cm³/mol. The largest absolute Gasteiger partial charge is 0.497 e. The van der Waals surface area contributed by atoms with Gasteiger partial charge in [0.2, 0.25) is 21.8 Å². The zero-order valence-electron chi connectivity index (χ0n) is 18.5. The highest BCUT2D eigenvalue weighted by atomic mass is 32.2. The van der Waals surface area contributed by atoms with Gasteiger partial charge in [0.15, 0.2) is 0 Å². The molecule has 1 saturated heterocycles. The van der Waals surface area contributed by atoms with E-state index in [-0.39, 0.29) is 42.2 Å². The number of piperidine rings is 1. The van der Waals surface area contributed by atoms with Crippen molar-refractivity contribution in [1.29, 1.82) is 0 Å². The van der Waals surface area contributed by atoms with Gasteiger partial charge in [-0.3, -0.25) is 9.59 Å². The standard InChI is InChI=1S/C22H24F3N3O5S/c1-14(29)26-19-8-3-16(22(23,24)25)13-20(19)27-21(30)15-9-11-28(12-10-15)34(31,32)18-6-4-17(33-2)5-7-18/h3-8,13,15H,9-12H2,1-2H3,(H,26,29)(H,27,30). The number of ether oxygens (including phenoxy) is 1. The minimum atomic E-state index is -4.63. The van der Waals surface area contributed by atoms with Crippen molar-refractivity contribution in [3.8, 4) is 5.75 Å². The Morgan fingerprint density at radius 3 is 2.15 bits per heavy atom. The number of sulfonamides is 1. The Morgan fingerprint density at radius 1 is 1.00 bits per heavy atom. The predicted octanol–water partition coefficient (Wildman–Crippen LogP) is 3.71. The third-order valence-corrected chi connectivity index (χ3v) is 7.35. The lowest BCUT2D eigenvalue weighted by Gasteiger charge is -2.30. The number of benzene rings is 2. The van der Waals surface area contributed by atoms with Crippen molar-refractivity contribution in [2.45, 2.75) is 30.8 Å². The van der Waals surface area contributed by atoms with Crippen molar-refractivity contribution in [3.63, 3.8) is 0 Å². The number of carbonyl (C=O) groups excluding carboxylic acids is 2. The highest BCUT2D eigenvalue weighted by molar-refractivity contribution is 7.89. The molecule has 0 radical (unpaired) electrons. The van der Waals surface area contributed by atoms with Gasteiger partial charge in [-0.1, -0.05) is 0 Å². The molecule has 0 aromatic heterocycles. The Labute approximate surface area is 195 Å². The van der Waals surface area contributed by atoms with E-state index in [1.807, 2.05) is 0 Å². The summed E-state index contributed by atoms with van der Waals surface area (Å²) in [5, 5.41) is 4.86. The summed E-state index contributed by atoms with van der Waals surface area (Å²) in [7, 11) is -2.29. The van der Waals surface area contributed by atoms with Crippen molar-refractivity contribution < 1.29 is 35.9 Å². The van der Waals surface area contributed by atoms with Gasteiger partial charge in [0.1, 0.15) is 5.75 Å². The Balaban J connectivity index is 1.70. The van der Waals surface area contributed by atoms with Crippen LogP contribution in [-0.2, 0) is 25.8 Å². The number of hydrogen-bond acceptors (Lipinski definition) is 5. The normalized spacial score (nSPS) is 15.6. The van der Waals surface area contributed by atoms with E-state index in [0.717, 1.165) is 18.2 Å². The number of carbonyl (C=O) groups is 2. The van der Waals surface area contributed by atoms with E-state index in [2.05, 4.69) is 10.6 Å². The number of nitrogens with zero attached hydrogens (tertiary/aromatic N) is 1. The van der Waals surface area contributed by atoms with Gasteiger partial charge in [-0.05, 0) is 55.3 Å². The molecule has 2 N–H and O–H groups in total. The number of rotatable bonds is 6. The molecule has 3 rings (SSSR count). The summed E-state index contributed by atoms with van der Waals surface area (Å²) in [6, 6.07) is 8.58. The molecule has 0 spiro atoms. The Kier molecular flexibility index (Phi) is 7.51. The molecule has 184 valence electrons. The molecule has 0 bridgehead atoms. The van der Waals surface area contributed by atoms with Crippen molar-refractivity contribution in [2.24, 2.45) is 5.92 Å². The van der Waals surface area contributed by atoms with Gasteiger partial charge in [0, 0.05) is 25.9 Å². The van der Waals surface area contributed by atoms with Crippen LogP contribution in [0.5, 0.6) is 5.75 Å². The SMILES string of the molecule is COc1ccc(S(=O)(=O)N2CCC(C(=O)Nc3cc(C(F)(F)F)ccc3NC(C)=O)CC2)cc1. The summed E-state index contributed by atoms with van der Waals surface area (Å²) < 4.78 is 71.4. The lowest BCUT2D eigenvalue weighted by molar-refractivity contribution is -0.137. The minimum absolute atomic E-state index is 0.0355. The van der Waals surface area contributed by atoms with Gasteiger partial charge < -0.3 is 15.4 Å². The first-order chi connectivity index (χ1) is 15.9. The lowest BCUT2D eigenvalue weighted by atomic mass is 9.97.